The summed E-state index contributed by atoms with van der Waals surface area (Å²) in [5.41, 5.74) is 1.87. The van der Waals surface area contributed by atoms with Gasteiger partial charge in [-0.05, 0) is 32.5 Å². The maximum atomic E-state index is 11.6. The highest BCUT2D eigenvalue weighted by Gasteiger charge is 2.07. The van der Waals surface area contributed by atoms with Crippen LogP contribution < -0.4 is 10.6 Å². The number of carbonyl (C=O) groups is 1. The van der Waals surface area contributed by atoms with Crippen LogP contribution in [0.2, 0.25) is 0 Å². The molecule has 0 aromatic carbocycles. The van der Waals surface area contributed by atoms with Crippen molar-refractivity contribution in [3.05, 3.63) is 29.6 Å². The van der Waals surface area contributed by atoms with Gasteiger partial charge in [0.1, 0.15) is 0 Å². The molecule has 0 fully saturated rings. The Kier molecular flexibility index (Phi) is 5.63. The Balaban J connectivity index is 2.33. The first kappa shape index (κ1) is 13.6. The minimum atomic E-state index is 0.0572. The molecule has 4 nitrogen and oxygen atoms in total. The zero-order chi connectivity index (χ0) is 12.7. The molecule has 94 valence electrons. The van der Waals surface area contributed by atoms with Gasteiger partial charge in [0.25, 0.3) is 0 Å². The Labute approximate surface area is 103 Å². The number of carbonyl (C=O) groups excluding carboxylic acids is 1. The highest BCUT2D eigenvalue weighted by molar-refractivity contribution is 5.76. The lowest BCUT2D eigenvalue weighted by Crippen LogP contribution is -2.33. The highest BCUT2D eigenvalue weighted by atomic mass is 16.1. The molecule has 1 heterocycles. The average molecular weight is 235 g/mol. The molecule has 0 bridgehead atoms. The van der Waals surface area contributed by atoms with Crippen LogP contribution in [0.15, 0.2) is 18.2 Å². The third-order valence-corrected chi connectivity index (χ3v) is 2.46. The van der Waals surface area contributed by atoms with Crippen LogP contribution in [0.1, 0.15) is 31.7 Å². The Morgan fingerprint density at radius 3 is 2.88 bits per heavy atom. The van der Waals surface area contributed by atoms with Crippen molar-refractivity contribution in [3.63, 3.8) is 0 Å². The normalized spacial score (nSPS) is 12.2. The maximum absolute atomic E-state index is 11.6. The van der Waals surface area contributed by atoms with Gasteiger partial charge in [0, 0.05) is 18.2 Å². The third kappa shape index (κ3) is 5.45. The van der Waals surface area contributed by atoms with Gasteiger partial charge >= 0.3 is 0 Å². The lowest BCUT2D eigenvalue weighted by atomic mass is 10.2. The zero-order valence-corrected chi connectivity index (χ0v) is 10.8. The summed E-state index contributed by atoms with van der Waals surface area (Å²) in [4.78, 5) is 15.9. The lowest BCUT2D eigenvalue weighted by molar-refractivity contribution is -0.121. The van der Waals surface area contributed by atoms with E-state index in [1.165, 1.54) is 0 Å². The Hall–Kier alpha value is -1.42. The fourth-order valence-corrected chi connectivity index (χ4v) is 1.66. The summed E-state index contributed by atoms with van der Waals surface area (Å²) in [6.45, 7) is 7.37. The van der Waals surface area contributed by atoms with Gasteiger partial charge in [-0.3, -0.25) is 9.78 Å². The minimum Gasteiger partial charge on any atom is -0.350 e. The van der Waals surface area contributed by atoms with Crippen LogP contribution in [0.3, 0.4) is 0 Å². The summed E-state index contributed by atoms with van der Waals surface area (Å²) in [5, 5.41) is 6.08. The summed E-state index contributed by atoms with van der Waals surface area (Å²) in [6, 6.07) is 6.02. The summed E-state index contributed by atoms with van der Waals surface area (Å²) in [6.07, 6.45) is 0.500. The number of hydrogen-bond donors (Lipinski definition) is 2. The maximum Gasteiger partial charge on any atom is 0.221 e. The summed E-state index contributed by atoms with van der Waals surface area (Å²) < 4.78 is 0. The molecule has 1 rings (SSSR count). The Morgan fingerprint density at radius 1 is 1.47 bits per heavy atom. The zero-order valence-electron chi connectivity index (χ0n) is 10.8. The van der Waals surface area contributed by atoms with Crippen LogP contribution in [-0.2, 0) is 11.3 Å². The van der Waals surface area contributed by atoms with E-state index in [9.17, 15) is 4.79 Å². The van der Waals surface area contributed by atoms with Crippen molar-refractivity contribution in [2.24, 2.45) is 0 Å². The lowest BCUT2D eigenvalue weighted by Gasteiger charge is -2.12. The number of aromatic nitrogens is 1. The van der Waals surface area contributed by atoms with Crippen molar-refractivity contribution in [3.8, 4) is 0 Å². The van der Waals surface area contributed by atoms with Crippen molar-refractivity contribution >= 4 is 5.91 Å². The number of rotatable bonds is 6. The second kappa shape index (κ2) is 7.01. The fourth-order valence-electron chi connectivity index (χ4n) is 1.66. The smallest absolute Gasteiger partial charge is 0.221 e. The third-order valence-electron chi connectivity index (χ3n) is 2.46. The van der Waals surface area contributed by atoms with Crippen LogP contribution in [0.25, 0.3) is 0 Å². The van der Waals surface area contributed by atoms with Gasteiger partial charge in [0.2, 0.25) is 5.91 Å². The van der Waals surface area contributed by atoms with E-state index in [4.69, 9.17) is 0 Å². The molecule has 0 aliphatic heterocycles. The van der Waals surface area contributed by atoms with E-state index in [-0.39, 0.29) is 11.9 Å². The first-order valence-electron chi connectivity index (χ1n) is 6.04. The number of nitrogens with one attached hydrogen (secondary N) is 2. The standard InChI is InChI=1S/C13H21N3O/c1-4-14-11(3)8-13(17)15-9-12-7-5-6-10(2)16-12/h5-7,11,14H,4,8-9H2,1-3H3,(H,15,17). The van der Waals surface area contributed by atoms with Crippen LogP contribution in [0, 0.1) is 6.92 Å². The van der Waals surface area contributed by atoms with Crippen molar-refractivity contribution in [1.82, 2.24) is 15.6 Å². The number of nitrogens with zero attached hydrogens (tertiary/aromatic N) is 1. The summed E-state index contributed by atoms with van der Waals surface area (Å²) in [7, 11) is 0. The van der Waals surface area contributed by atoms with Crippen molar-refractivity contribution in [1.29, 1.82) is 0 Å². The SMILES string of the molecule is CCNC(C)CC(=O)NCc1cccc(C)n1. The van der Waals surface area contributed by atoms with Crippen molar-refractivity contribution < 1.29 is 4.79 Å². The van der Waals surface area contributed by atoms with Gasteiger partial charge in [-0.25, -0.2) is 0 Å². The average Bonchev–Trinajstić information content (AvgIpc) is 2.27. The van der Waals surface area contributed by atoms with Crippen LogP contribution >= 0.6 is 0 Å². The molecular weight excluding hydrogens is 214 g/mol. The number of amides is 1. The van der Waals surface area contributed by atoms with Gasteiger partial charge in [-0.15, -0.1) is 0 Å². The fraction of sp³-hybridized carbons (Fsp3) is 0.538. The first-order chi connectivity index (χ1) is 8.11. The predicted octanol–water partition coefficient (Wildman–Crippen LogP) is 1.39. The molecule has 17 heavy (non-hydrogen) atoms. The van der Waals surface area contributed by atoms with E-state index in [1.54, 1.807) is 0 Å². The van der Waals surface area contributed by atoms with E-state index in [1.807, 2.05) is 39.0 Å². The Bertz CT molecular complexity index is 365. The van der Waals surface area contributed by atoms with Gasteiger partial charge < -0.3 is 10.6 Å². The summed E-state index contributed by atoms with van der Waals surface area (Å²) in [5.74, 6) is 0.0572. The second-order valence-corrected chi connectivity index (χ2v) is 4.21. The monoisotopic (exact) mass is 235 g/mol. The molecule has 1 amide bonds. The van der Waals surface area contributed by atoms with Gasteiger partial charge in [-0.2, -0.15) is 0 Å². The number of aryl methyl sites for hydroxylation is 1. The largest absolute Gasteiger partial charge is 0.350 e. The van der Waals surface area contributed by atoms with E-state index in [0.29, 0.717) is 13.0 Å². The molecule has 4 heteroatoms. The molecule has 0 radical (unpaired) electrons. The topological polar surface area (TPSA) is 54.0 Å². The van der Waals surface area contributed by atoms with E-state index < -0.39 is 0 Å². The molecule has 0 spiro atoms. The van der Waals surface area contributed by atoms with Gasteiger partial charge in [-0.1, -0.05) is 13.0 Å². The van der Waals surface area contributed by atoms with Crippen LogP contribution in [0.5, 0.6) is 0 Å². The van der Waals surface area contributed by atoms with Crippen molar-refractivity contribution in [2.75, 3.05) is 6.54 Å². The first-order valence-corrected chi connectivity index (χ1v) is 6.04. The van der Waals surface area contributed by atoms with Crippen LogP contribution in [0.4, 0.5) is 0 Å². The Morgan fingerprint density at radius 2 is 2.24 bits per heavy atom. The minimum absolute atomic E-state index is 0.0572. The molecule has 0 aliphatic rings. The van der Waals surface area contributed by atoms with Gasteiger partial charge in [0.15, 0.2) is 0 Å². The quantitative estimate of drug-likeness (QED) is 0.783. The molecule has 1 aromatic heterocycles. The second-order valence-electron chi connectivity index (χ2n) is 4.21. The highest BCUT2D eigenvalue weighted by Crippen LogP contribution is 1.98. The van der Waals surface area contributed by atoms with Crippen molar-refractivity contribution in [2.45, 2.75) is 39.8 Å². The molecule has 1 unspecified atom stereocenters. The van der Waals surface area contributed by atoms with E-state index in [2.05, 4.69) is 15.6 Å². The van der Waals surface area contributed by atoms with Crippen LogP contribution in [-0.4, -0.2) is 23.5 Å². The molecule has 2 N–H and O–H groups in total. The molecule has 0 saturated heterocycles. The molecule has 0 saturated carbocycles. The summed E-state index contributed by atoms with van der Waals surface area (Å²) >= 11 is 0. The molecular formula is C13H21N3O. The van der Waals surface area contributed by atoms with E-state index >= 15 is 0 Å². The molecule has 0 aliphatic carbocycles. The molecule has 1 aromatic rings. The predicted molar refractivity (Wildman–Crippen MR) is 68.6 cm³/mol. The van der Waals surface area contributed by atoms with Gasteiger partial charge in [0.05, 0.1) is 12.2 Å². The number of pyridine rings is 1. The van der Waals surface area contributed by atoms with E-state index in [0.717, 1.165) is 17.9 Å². The molecule has 1 atom stereocenters. The number of hydrogen-bond acceptors (Lipinski definition) is 3.